The second-order valence-electron chi connectivity index (χ2n) is 7.23. The molecule has 0 heterocycles. The molecule has 0 aliphatic heterocycles. The maximum absolute atomic E-state index is 9.29. The molecule has 0 bridgehead atoms. The van der Waals surface area contributed by atoms with E-state index in [2.05, 4.69) is 0 Å². The van der Waals surface area contributed by atoms with Crippen LogP contribution in [0.25, 0.3) is 0 Å². The lowest BCUT2D eigenvalue weighted by molar-refractivity contribution is -0.929. The average Bonchev–Trinajstić information content (AvgIpc) is 2.59. The summed E-state index contributed by atoms with van der Waals surface area (Å²) >= 11 is 0. The second kappa shape index (κ2) is 20.5. The smallest absolute Gasteiger partial charge is 0.102 e. The fourth-order valence-electron chi connectivity index (χ4n) is 3.86. The highest BCUT2D eigenvalue weighted by molar-refractivity contribution is 4.51. The topological polar surface area (TPSA) is 121 Å². The molecule has 6 N–H and O–H groups in total. The van der Waals surface area contributed by atoms with Crippen molar-refractivity contribution in [1.29, 1.82) is 0 Å². The lowest BCUT2D eigenvalue weighted by atomic mass is 10.1. The van der Waals surface area contributed by atoms with Gasteiger partial charge in [-0.3, -0.25) is 0 Å². The predicted octanol–water partition coefficient (Wildman–Crippen LogP) is -7.86. The highest BCUT2D eigenvalue weighted by Crippen LogP contribution is 2.13. The van der Waals surface area contributed by atoms with E-state index in [0.717, 1.165) is 38.8 Å². The Kier molecular flexibility index (Phi) is 24.1. The standard InChI is InChI=1S/C18H42N2O6.2ClH/c21-13-7-19(8-14-22,9-15-23)5-3-1-2-4-6-20(10-16-24,11-17-25)12-18-26;;/h21-26H,1-18H2;2*1H/q+2;;/p-2. The average molecular weight is 453 g/mol. The van der Waals surface area contributed by atoms with Gasteiger partial charge >= 0.3 is 0 Å². The molecule has 0 unspecified atom stereocenters. The highest BCUT2D eigenvalue weighted by Gasteiger charge is 2.26. The molecule has 0 aromatic rings. The van der Waals surface area contributed by atoms with Crippen LogP contribution in [0.2, 0.25) is 0 Å². The molecule has 174 valence electrons. The molecule has 8 nitrogen and oxygen atoms in total. The van der Waals surface area contributed by atoms with Crippen molar-refractivity contribution in [3.63, 3.8) is 0 Å². The number of halogens is 2. The van der Waals surface area contributed by atoms with Gasteiger partial charge in [-0.2, -0.15) is 0 Å². The molecular weight excluding hydrogens is 411 g/mol. The van der Waals surface area contributed by atoms with Crippen LogP contribution in [0, 0.1) is 0 Å². The van der Waals surface area contributed by atoms with Crippen LogP contribution < -0.4 is 24.8 Å². The Labute approximate surface area is 182 Å². The SMILES string of the molecule is OCC[N+](CCO)(CCO)CCCCCC[N+](CCO)(CCO)CCO.[Cl-].[Cl-]. The summed E-state index contributed by atoms with van der Waals surface area (Å²) in [5, 5.41) is 55.8. The van der Waals surface area contributed by atoms with Gasteiger partial charge < -0.3 is 64.4 Å². The van der Waals surface area contributed by atoms with Gasteiger partial charge in [0.05, 0.1) is 52.7 Å². The molecule has 0 saturated carbocycles. The van der Waals surface area contributed by atoms with Crippen molar-refractivity contribution in [1.82, 2.24) is 0 Å². The van der Waals surface area contributed by atoms with Crippen LogP contribution in [0.3, 0.4) is 0 Å². The minimum absolute atomic E-state index is 0. The van der Waals surface area contributed by atoms with Crippen molar-refractivity contribution >= 4 is 0 Å². The van der Waals surface area contributed by atoms with Crippen LogP contribution in [0.15, 0.2) is 0 Å². The molecule has 28 heavy (non-hydrogen) atoms. The zero-order valence-corrected chi connectivity index (χ0v) is 18.6. The van der Waals surface area contributed by atoms with Gasteiger partial charge in [-0.05, 0) is 25.7 Å². The molecule has 10 heteroatoms. The maximum Gasteiger partial charge on any atom is 0.102 e. The Hall–Kier alpha value is 0.260. The minimum atomic E-state index is 0. The summed E-state index contributed by atoms with van der Waals surface area (Å²) < 4.78 is 1.09. The van der Waals surface area contributed by atoms with Gasteiger partial charge in [0, 0.05) is 0 Å². The zero-order chi connectivity index (χ0) is 19.7. The minimum Gasteiger partial charge on any atom is -1.00 e. The number of aliphatic hydroxyl groups is 6. The molecule has 0 aromatic heterocycles. The second-order valence-corrected chi connectivity index (χ2v) is 7.23. The van der Waals surface area contributed by atoms with Gasteiger partial charge in [0.1, 0.15) is 39.3 Å². The summed E-state index contributed by atoms with van der Waals surface area (Å²) in [5.74, 6) is 0. The maximum atomic E-state index is 9.29. The molecular formula is C18H42Cl2N2O6. The number of hydrogen-bond donors (Lipinski definition) is 6. The van der Waals surface area contributed by atoms with Gasteiger partial charge in [-0.25, -0.2) is 0 Å². The van der Waals surface area contributed by atoms with Gasteiger partial charge in [-0.15, -0.1) is 0 Å². The lowest BCUT2D eigenvalue weighted by Crippen LogP contribution is -3.00. The van der Waals surface area contributed by atoms with Crippen molar-refractivity contribution in [3.8, 4) is 0 Å². The van der Waals surface area contributed by atoms with Crippen LogP contribution in [0.5, 0.6) is 0 Å². The van der Waals surface area contributed by atoms with Gasteiger partial charge in [0.25, 0.3) is 0 Å². The van der Waals surface area contributed by atoms with Crippen molar-refractivity contribution in [2.45, 2.75) is 25.7 Å². The molecule has 0 rings (SSSR count). The first-order valence-corrected chi connectivity index (χ1v) is 9.93. The Balaban J connectivity index is -0.00000312. The zero-order valence-electron chi connectivity index (χ0n) is 17.1. The Morgan fingerprint density at radius 2 is 0.536 bits per heavy atom. The third-order valence-electron chi connectivity index (χ3n) is 5.46. The quantitative estimate of drug-likeness (QED) is 0.0854. The normalized spacial score (nSPS) is 11.8. The number of nitrogens with zero attached hydrogens (tertiary/aromatic N) is 2. The number of hydrogen-bond acceptors (Lipinski definition) is 6. The Morgan fingerprint density at radius 1 is 0.321 bits per heavy atom. The van der Waals surface area contributed by atoms with Crippen LogP contribution in [0.4, 0.5) is 0 Å². The fourth-order valence-corrected chi connectivity index (χ4v) is 3.86. The van der Waals surface area contributed by atoms with Crippen LogP contribution in [-0.4, -0.2) is 132 Å². The summed E-state index contributed by atoms with van der Waals surface area (Å²) in [6, 6.07) is 0. The summed E-state index contributed by atoms with van der Waals surface area (Å²) in [7, 11) is 0. The van der Waals surface area contributed by atoms with E-state index >= 15 is 0 Å². The number of rotatable bonds is 19. The third-order valence-corrected chi connectivity index (χ3v) is 5.46. The van der Waals surface area contributed by atoms with E-state index in [1.807, 2.05) is 0 Å². The molecule has 0 saturated heterocycles. The lowest BCUT2D eigenvalue weighted by Gasteiger charge is -2.38. The van der Waals surface area contributed by atoms with Crippen LogP contribution >= 0.6 is 0 Å². The van der Waals surface area contributed by atoms with Crippen molar-refractivity contribution in [2.75, 3.05) is 92.0 Å². The molecule has 0 radical (unpaired) electrons. The van der Waals surface area contributed by atoms with Gasteiger partial charge in [0.2, 0.25) is 0 Å². The first-order valence-electron chi connectivity index (χ1n) is 9.93. The third kappa shape index (κ3) is 13.5. The molecule has 0 fully saturated rings. The summed E-state index contributed by atoms with van der Waals surface area (Å²) in [4.78, 5) is 0. The molecule has 0 amide bonds. The largest absolute Gasteiger partial charge is 1.00 e. The summed E-state index contributed by atoms with van der Waals surface area (Å²) in [5.41, 5.74) is 0. The molecule has 0 aliphatic carbocycles. The van der Waals surface area contributed by atoms with E-state index in [9.17, 15) is 30.6 Å². The monoisotopic (exact) mass is 452 g/mol. The molecule has 0 atom stereocenters. The Bertz CT molecular complexity index is 266. The predicted molar refractivity (Wildman–Crippen MR) is 100 cm³/mol. The van der Waals surface area contributed by atoms with Crippen molar-refractivity contribution < 1.29 is 64.4 Å². The number of unbranched alkanes of at least 4 members (excludes halogenated alkanes) is 3. The van der Waals surface area contributed by atoms with Gasteiger partial charge in [-0.1, -0.05) is 0 Å². The molecule has 0 aliphatic rings. The van der Waals surface area contributed by atoms with E-state index in [-0.39, 0.29) is 64.5 Å². The fraction of sp³-hybridized carbons (Fsp3) is 1.00. The van der Waals surface area contributed by atoms with E-state index in [4.69, 9.17) is 0 Å². The number of quaternary nitrogens is 2. The van der Waals surface area contributed by atoms with Crippen molar-refractivity contribution in [2.24, 2.45) is 0 Å². The first-order chi connectivity index (χ1) is 12.6. The summed E-state index contributed by atoms with van der Waals surface area (Å²) in [6.07, 6.45) is 3.94. The highest BCUT2D eigenvalue weighted by atomic mass is 35.5. The van der Waals surface area contributed by atoms with Crippen molar-refractivity contribution in [3.05, 3.63) is 0 Å². The van der Waals surface area contributed by atoms with E-state index in [1.165, 1.54) is 0 Å². The van der Waals surface area contributed by atoms with E-state index in [0.29, 0.717) is 48.2 Å². The van der Waals surface area contributed by atoms with Gasteiger partial charge in [0.15, 0.2) is 0 Å². The first kappa shape index (κ1) is 32.9. The number of aliphatic hydroxyl groups excluding tert-OH is 6. The summed E-state index contributed by atoms with van der Waals surface area (Å²) in [6.45, 7) is 5.20. The van der Waals surface area contributed by atoms with E-state index in [1.54, 1.807) is 0 Å². The van der Waals surface area contributed by atoms with E-state index < -0.39 is 0 Å². The molecule has 0 aromatic carbocycles. The van der Waals surface area contributed by atoms with Crippen LogP contribution in [0.1, 0.15) is 25.7 Å². The molecule has 0 spiro atoms. The van der Waals surface area contributed by atoms with Crippen LogP contribution in [-0.2, 0) is 0 Å². The Morgan fingerprint density at radius 3 is 0.714 bits per heavy atom.